The molecule has 1 aromatic carbocycles. The van der Waals surface area contributed by atoms with Gasteiger partial charge in [-0.2, -0.15) is 0 Å². The van der Waals surface area contributed by atoms with Crippen molar-refractivity contribution in [3.63, 3.8) is 0 Å². The smallest absolute Gasteiger partial charge is 0.276 e. The van der Waals surface area contributed by atoms with Crippen molar-refractivity contribution in [2.75, 3.05) is 18.4 Å². The van der Waals surface area contributed by atoms with E-state index in [-0.39, 0.29) is 23.4 Å². The van der Waals surface area contributed by atoms with Gasteiger partial charge in [0.15, 0.2) is 11.5 Å². The van der Waals surface area contributed by atoms with Crippen molar-refractivity contribution >= 4 is 28.8 Å². The second kappa shape index (κ2) is 7.75. The lowest BCUT2D eigenvalue weighted by molar-refractivity contribution is -0.121. The van der Waals surface area contributed by atoms with Crippen LogP contribution in [0.5, 0.6) is 0 Å². The maximum absolute atomic E-state index is 12.8. The highest BCUT2D eigenvalue weighted by Gasteiger charge is 2.30. The Morgan fingerprint density at radius 3 is 2.81 bits per heavy atom. The normalized spacial score (nSPS) is 16.9. The number of rotatable bonds is 4. The standard InChI is InChI=1S/C20H19N3O3S/c24-19(21-15-7-2-1-3-8-15)14-6-4-10-23(13-14)20(25)16-12-17(26-22-16)18-9-5-11-27-18/h1-3,5,7-9,11-12,14H,4,6,10,13H2,(H,21,24). The lowest BCUT2D eigenvalue weighted by Gasteiger charge is -2.31. The van der Waals surface area contributed by atoms with E-state index in [2.05, 4.69) is 10.5 Å². The predicted molar refractivity (Wildman–Crippen MR) is 104 cm³/mol. The van der Waals surface area contributed by atoms with E-state index in [1.165, 1.54) is 11.3 Å². The molecule has 27 heavy (non-hydrogen) atoms. The first kappa shape index (κ1) is 17.5. The van der Waals surface area contributed by atoms with Crippen molar-refractivity contribution < 1.29 is 14.1 Å². The number of para-hydroxylation sites is 1. The molecule has 4 rings (SSSR count). The number of carbonyl (C=O) groups is 2. The van der Waals surface area contributed by atoms with E-state index in [0.717, 1.165) is 23.4 Å². The number of amides is 2. The SMILES string of the molecule is O=C(Nc1ccccc1)C1CCCN(C(=O)c2cc(-c3cccs3)on2)C1. The molecule has 6 nitrogen and oxygen atoms in total. The van der Waals surface area contributed by atoms with E-state index in [4.69, 9.17) is 4.52 Å². The molecule has 3 aromatic rings. The van der Waals surface area contributed by atoms with Crippen molar-refractivity contribution in [3.05, 3.63) is 59.6 Å². The molecule has 0 bridgehead atoms. The number of thiophene rings is 1. The van der Waals surface area contributed by atoms with Gasteiger partial charge in [0.1, 0.15) is 0 Å². The van der Waals surface area contributed by atoms with E-state index in [9.17, 15) is 9.59 Å². The highest BCUT2D eigenvalue weighted by Crippen LogP contribution is 2.26. The van der Waals surface area contributed by atoms with Crippen LogP contribution in [-0.4, -0.2) is 35.0 Å². The summed E-state index contributed by atoms with van der Waals surface area (Å²) in [7, 11) is 0. The van der Waals surface area contributed by atoms with Crippen LogP contribution in [0.4, 0.5) is 5.69 Å². The van der Waals surface area contributed by atoms with E-state index >= 15 is 0 Å². The largest absolute Gasteiger partial charge is 0.355 e. The highest BCUT2D eigenvalue weighted by molar-refractivity contribution is 7.13. The molecule has 2 aromatic heterocycles. The number of piperidine rings is 1. The van der Waals surface area contributed by atoms with Gasteiger partial charge in [-0.25, -0.2) is 0 Å². The molecule has 1 N–H and O–H groups in total. The van der Waals surface area contributed by atoms with Crippen LogP contribution in [0.3, 0.4) is 0 Å². The molecule has 1 unspecified atom stereocenters. The van der Waals surface area contributed by atoms with Gasteiger partial charge in [0.25, 0.3) is 5.91 Å². The summed E-state index contributed by atoms with van der Waals surface area (Å²) in [5, 5.41) is 8.79. The Bertz CT molecular complexity index is 921. The monoisotopic (exact) mass is 381 g/mol. The van der Waals surface area contributed by atoms with Crippen LogP contribution in [0.25, 0.3) is 10.6 Å². The van der Waals surface area contributed by atoms with Gasteiger partial charge in [-0.1, -0.05) is 29.4 Å². The maximum Gasteiger partial charge on any atom is 0.276 e. The topological polar surface area (TPSA) is 75.4 Å². The summed E-state index contributed by atoms with van der Waals surface area (Å²) in [6.07, 6.45) is 1.55. The third kappa shape index (κ3) is 3.93. The first-order valence-electron chi connectivity index (χ1n) is 8.86. The number of nitrogens with zero attached hydrogens (tertiary/aromatic N) is 2. The number of likely N-dealkylation sites (tertiary alicyclic amines) is 1. The summed E-state index contributed by atoms with van der Waals surface area (Å²) in [5.41, 5.74) is 1.05. The minimum absolute atomic E-state index is 0.0573. The third-order valence-corrected chi connectivity index (χ3v) is 5.50. The third-order valence-electron chi connectivity index (χ3n) is 4.61. The quantitative estimate of drug-likeness (QED) is 0.744. The second-order valence-corrected chi connectivity index (χ2v) is 7.45. The average Bonchev–Trinajstić information content (AvgIpc) is 3.40. The van der Waals surface area contributed by atoms with Gasteiger partial charge in [-0.3, -0.25) is 9.59 Å². The summed E-state index contributed by atoms with van der Waals surface area (Å²) in [6, 6.07) is 14.9. The molecule has 7 heteroatoms. The van der Waals surface area contributed by atoms with Crippen LogP contribution >= 0.6 is 11.3 Å². The van der Waals surface area contributed by atoms with Gasteiger partial charge < -0.3 is 14.7 Å². The number of aromatic nitrogens is 1. The Morgan fingerprint density at radius 2 is 2.04 bits per heavy atom. The summed E-state index contributed by atoms with van der Waals surface area (Å²) in [5.74, 6) is 0.104. The molecular formula is C20H19N3O3S. The van der Waals surface area contributed by atoms with Gasteiger partial charge in [0.2, 0.25) is 5.91 Å². The van der Waals surface area contributed by atoms with Crippen LogP contribution in [0, 0.1) is 5.92 Å². The molecule has 1 saturated heterocycles. The lowest BCUT2D eigenvalue weighted by atomic mass is 9.96. The van der Waals surface area contributed by atoms with Gasteiger partial charge in [0, 0.05) is 24.8 Å². The number of hydrogen-bond acceptors (Lipinski definition) is 5. The van der Waals surface area contributed by atoms with E-state index in [1.807, 2.05) is 47.8 Å². The molecule has 1 fully saturated rings. The molecule has 0 radical (unpaired) electrons. The summed E-state index contributed by atoms with van der Waals surface area (Å²) in [4.78, 5) is 28.0. The van der Waals surface area contributed by atoms with E-state index in [0.29, 0.717) is 18.8 Å². The van der Waals surface area contributed by atoms with Crippen LogP contribution in [0.2, 0.25) is 0 Å². The Balaban J connectivity index is 1.42. The zero-order valence-corrected chi connectivity index (χ0v) is 15.4. The molecule has 0 aliphatic carbocycles. The van der Waals surface area contributed by atoms with E-state index < -0.39 is 0 Å². The summed E-state index contributed by atoms with van der Waals surface area (Å²) >= 11 is 1.53. The molecule has 2 amide bonds. The van der Waals surface area contributed by atoms with Crippen LogP contribution in [-0.2, 0) is 4.79 Å². The number of carbonyl (C=O) groups excluding carboxylic acids is 2. The summed E-state index contributed by atoms with van der Waals surface area (Å²) < 4.78 is 5.31. The van der Waals surface area contributed by atoms with Gasteiger partial charge in [0.05, 0.1) is 10.8 Å². The van der Waals surface area contributed by atoms with Crippen LogP contribution in [0.15, 0.2) is 58.4 Å². The molecule has 138 valence electrons. The maximum atomic E-state index is 12.8. The van der Waals surface area contributed by atoms with Crippen molar-refractivity contribution in [2.24, 2.45) is 5.92 Å². The molecule has 0 spiro atoms. The van der Waals surface area contributed by atoms with Crippen molar-refractivity contribution in [2.45, 2.75) is 12.8 Å². The molecule has 1 aliphatic rings. The second-order valence-electron chi connectivity index (χ2n) is 6.50. The predicted octanol–water partition coefficient (Wildman–Crippen LogP) is 3.89. The average molecular weight is 381 g/mol. The Hall–Kier alpha value is -2.93. The number of anilines is 1. The van der Waals surface area contributed by atoms with Gasteiger partial charge in [-0.15, -0.1) is 11.3 Å². The molecule has 0 saturated carbocycles. The fraction of sp³-hybridized carbons (Fsp3) is 0.250. The zero-order chi connectivity index (χ0) is 18.6. The number of benzene rings is 1. The number of nitrogens with one attached hydrogen (secondary N) is 1. The molecular weight excluding hydrogens is 362 g/mol. The highest BCUT2D eigenvalue weighted by atomic mass is 32.1. The first-order chi connectivity index (χ1) is 13.2. The molecule has 3 heterocycles. The zero-order valence-electron chi connectivity index (χ0n) is 14.6. The van der Waals surface area contributed by atoms with Crippen molar-refractivity contribution in [1.29, 1.82) is 0 Å². The van der Waals surface area contributed by atoms with Crippen LogP contribution < -0.4 is 5.32 Å². The fourth-order valence-electron chi connectivity index (χ4n) is 3.21. The van der Waals surface area contributed by atoms with Crippen molar-refractivity contribution in [3.8, 4) is 10.6 Å². The lowest BCUT2D eigenvalue weighted by Crippen LogP contribution is -2.43. The molecule has 1 aliphatic heterocycles. The van der Waals surface area contributed by atoms with Gasteiger partial charge in [-0.05, 0) is 36.4 Å². The Labute approximate surface area is 160 Å². The Kier molecular flexibility index (Phi) is 5.02. The minimum atomic E-state index is -0.230. The van der Waals surface area contributed by atoms with Crippen LogP contribution in [0.1, 0.15) is 23.3 Å². The molecule has 1 atom stereocenters. The number of hydrogen-bond donors (Lipinski definition) is 1. The van der Waals surface area contributed by atoms with Gasteiger partial charge >= 0.3 is 0 Å². The van der Waals surface area contributed by atoms with Crippen molar-refractivity contribution in [1.82, 2.24) is 10.1 Å². The Morgan fingerprint density at radius 1 is 1.19 bits per heavy atom. The van der Waals surface area contributed by atoms with E-state index in [1.54, 1.807) is 11.0 Å². The fourth-order valence-corrected chi connectivity index (χ4v) is 3.89. The minimum Gasteiger partial charge on any atom is -0.355 e. The first-order valence-corrected chi connectivity index (χ1v) is 9.74. The summed E-state index contributed by atoms with van der Waals surface area (Å²) in [6.45, 7) is 1.01.